The van der Waals surface area contributed by atoms with Gasteiger partial charge in [-0.1, -0.05) is 31.5 Å². The second-order valence-corrected chi connectivity index (χ2v) is 8.35. The van der Waals surface area contributed by atoms with Gasteiger partial charge in [0.2, 0.25) is 10.0 Å². The van der Waals surface area contributed by atoms with Crippen LogP contribution in [0.25, 0.3) is 0 Å². The molecule has 0 N–H and O–H groups in total. The molecule has 7 heteroatoms. The molecule has 134 valence electrons. The highest BCUT2D eigenvalue weighted by molar-refractivity contribution is 7.89. The van der Waals surface area contributed by atoms with Crippen LogP contribution in [0, 0.1) is 18.8 Å². The van der Waals surface area contributed by atoms with E-state index in [0.717, 1.165) is 5.56 Å². The van der Waals surface area contributed by atoms with Gasteiger partial charge in [0, 0.05) is 6.54 Å². The highest BCUT2D eigenvalue weighted by atomic mass is 32.2. The van der Waals surface area contributed by atoms with E-state index in [1.807, 2.05) is 20.8 Å². The van der Waals surface area contributed by atoms with Crippen LogP contribution >= 0.6 is 0 Å². The first-order valence-corrected chi connectivity index (χ1v) is 9.45. The van der Waals surface area contributed by atoms with Crippen molar-refractivity contribution in [2.45, 2.75) is 31.7 Å². The maximum Gasteiger partial charge on any atom is 0.312 e. The SMILES string of the molecule is COC(=O)C1COC[C@H](C(C)C)N(S(=O)(=O)c2ccc(C)cc2)C1. The van der Waals surface area contributed by atoms with Gasteiger partial charge in [-0.3, -0.25) is 4.79 Å². The van der Waals surface area contributed by atoms with Crippen LogP contribution in [0.1, 0.15) is 19.4 Å². The summed E-state index contributed by atoms with van der Waals surface area (Å²) in [6, 6.07) is 6.40. The number of benzene rings is 1. The van der Waals surface area contributed by atoms with Gasteiger partial charge in [-0.25, -0.2) is 8.42 Å². The zero-order chi connectivity index (χ0) is 17.9. The number of carbonyl (C=O) groups excluding carboxylic acids is 1. The minimum Gasteiger partial charge on any atom is -0.469 e. The molecule has 1 aromatic rings. The highest BCUT2D eigenvalue weighted by Crippen LogP contribution is 2.26. The van der Waals surface area contributed by atoms with E-state index in [1.54, 1.807) is 24.3 Å². The van der Waals surface area contributed by atoms with E-state index in [9.17, 15) is 13.2 Å². The van der Waals surface area contributed by atoms with E-state index in [-0.39, 0.29) is 36.6 Å². The van der Waals surface area contributed by atoms with Crippen LogP contribution in [-0.2, 0) is 24.3 Å². The Bertz CT molecular complexity index is 669. The minimum atomic E-state index is -3.73. The van der Waals surface area contributed by atoms with Crippen molar-refractivity contribution in [3.8, 4) is 0 Å². The molecule has 0 saturated carbocycles. The quantitative estimate of drug-likeness (QED) is 0.771. The monoisotopic (exact) mass is 355 g/mol. The van der Waals surface area contributed by atoms with Crippen molar-refractivity contribution in [2.24, 2.45) is 11.8 Å². The molecule has 0 aromatic heterocycles. The molecular weight excluding hydrogens is 330 g/mol. The number of rotatable bonds is 4. The zero-order valence-electron chi connectivity index (χ0n) is 14.6. The van der Waals surface area contributed by atoms with Crippen LogP contribution in [0.4, 0.5) is 0 Å². The number of ether oxygens (including phenoxy) is 2. The van der Waals surface area contributed by atoms with E-state index in [4.69, 9.17) is 9.47 Å². The molecule has 1 fully saturated rings. The van der Waals surface area contributed by atoms with Gasteiger partial charge in [-0.15, -0.1) is 0 Å². The lowest BCUT2D eigenvalue weighted by Gasteiger charge is -2.32. The Morgan fingerprint density at radius 2 is 1.88 bits per heavy atom. The molecule has 2 rings (SSSR count). The number of hydrogen-bond acceptors (Lipinski definition) is 5. The first-order valence-electron chi connectivity index (χ1n) is 8.01. The van der Waals surface area contributed by atoms with Gasteiger partial charge < -0.3 is 9.47 Å². The van der Waals surface area contributed by atoms with Gasteiger partial charge in [-0.05, 0) is 25.0 Å². The van der Waals surface area contributed by atoms with Crippen LogP contribution in [0.2, 0.25) is 0 Å². The van der Waals surface area contributed by atoms with Gasteiger partial charge in [-0.2, -0.15) is 4.31 Å². The fraction of sp³-hybridized carbons (Fsp3) is 0.588. The summed E-state index contributed by atoms with van der Waals surface area (Å²) >= 11 is 0. The largest absolute Gasteiger partial charge is 0.469 e. The molecule has 1 aliphatic rings. The Labute approximate surface area is 143 Å². The van der Waals surface area contributed by atoms with Crippen molar-refractivity contribution >= 4 is 16.0 Å². The summed E-state index contributed by atoms with van der Waals surface area (Å²) in [5, 5.41) is 0. The van der Waals surface area contributed by atoms with Crippen molar-refractivity contribution in [2.75, 3.05) is 26.9 Å². The zero-order valence-corrected chi connectivity index (χ0v) is 15.4. The average Bonchev–Trinajstić information content (AvgIpc) is 2.78. The molecule has 0 amide bonds. The maximum atomic E-state index is 13.1. The van der Waals surface area contributed by atoms with Crippen molar-refractivity contribution in [1.29, 1.82) is 0 Å². The van der Waals surface area contributed by atoms with E-state index in [1.165, 1.54) is 11.4 Å². The summed E-state index contributed by atoms with van der Waals surface area (Å²) < 4.78 is 38.0. The third-order valence-corrected chi connectivity index (χ3v) is 6.21. The van der Waals surface area contributed by atoms with Crippen LogP contribution in [0.5, 0.6) is 0 Å². The Balaban J connectivity index is 2.42. The predicted octanol–water partition coefficient (Wildman–Crippen LogP) is 1.83. The maximum absolute atomic E-state index is 13.1. The lowest BCUT2D eigenvalue weighted by Crippen LogP contribution is -2.47. The molecule has 6 nitrogen and oxygen atoms in total. The molecule has 0 spiro atoms. The summed E-state index contributed by atoms with van der Waals surface area (Å²) in [6.07, 6.45) is 0. The summed E-state index contributed by atoms with van der Waals surface area (Å²) in [4.78, 5) is 12.2. The van der Waals surface area contributed by atoms with Gasteiger partial charge in [0.1, 0.15) is 0 Å². The molecule has 0 bridgehead atoms. The number of carbonyl (C=O) groups is 1. The Morgan fingerprint density at radius 1 is 1.25 bits per heavy atom. The van der Waals surface area contributed by atoms with Crippen molar-refractivity contribution in [1.82, 2.24) is 4.31 Å². The average molecular weight is 355 g/mol. The van der Waals surface area contributed by atoms with Gasteiger partial charge >= 0.3 is 5.97 Å². The number of esters is 1. The predicted molar refractivity (Wildman–Crippen MR) is 90.0 cm³/mol. The van der Waals surface area contributed by atoms with Crippen LogP contribution in [-0.4, -0.2) is 51.6 Å². The Morgan fingerprint density at radius 3 is 2.42 bits per heavy atom. The topological polar surface area (TPSA) is 72.9 Å². The minimum absolute atomic E-state index is 0.0571. The third kappa shape index (κ3) is 3.96. The molecule has 2 atom stereocenters. The van der Waals surface area contributed by atoms with Crippen molar-refractivity contribution in [3.63, 3.8) is 0 Å². The number of nitrogens with zero attached hydrogens (tertiary/aromatic N) is 1. The van der Waals surface area contributed by atoms with Gasteiger partial charge in [0.15, 0.2) is 0 Å². The number of methoxy groups -OCH3 is 1. The molecule has 0 aliphatic carbocycles. The summed E-state index contributed by atoms with van der Waals surface area (Å²) in [5.41, 5.74) is 0.987. The summed E-state index contributed by atoms with van der Waals surface area (Å²) in [5.74, 6) is -1.02. The molecular formula is C17H25NO5S. The second-order valence-electron chi connectivity index (χ2n) is 6.46. The van der Waals surface area contributed by atoms with E-state index >= 15 is 0 Å². The van der Waals surface area contributed by atoms with Gasteiger partial charge in [0.25, 0.3) is 0 Å². The van der Waals surface area contributed by atoms with Crippen LogP contribution in [0.3, 0.4) is 0 Å². The smallest absolute Gasteiger partial charge is 0.312 e. The lowest BCUT2D eigenvalue weighted by atomic mass is 10.1. The van der Waals surface area contributed by atoms with Gasteiger partial charge in [0.05, 0.1) is 37.2 Å². The highest BCUT2D eigenvalue weighted by Gasteiger charge is 2.39. The summed E-state index contributed by atoms with van der Waals surface area (Å²) in [7, 11) is -2.43. The normalized spacial score (nSPS) is 23.0. The number of aryl methyl sites for hydroxylation is 1. The standard InChI is InChI=1S/C17H25NO5S/c1-12(2)16-11-23-10-14(17(19)22-4)9-18(16)24(20,21)15-7-5-13(3)6-8-15/h5-8,12,14,16H,9-11H2,1-4H3/t14?,16-/m1/s1. The van der Waals surface area contributed by atoms with Crippen molar-refractivity contribution < 1.29 is 22.7 Å². The molecule has 1 aliphatic heterocycles. The fourth-order valence-electron chi connectivity index (χ4n) is 2.78. The van der Waals surface area contributed by atoms with E-state index < -0.39 is 21.9 Å². The Kier molecular flexibility index (Phi) is 6.01. The lowest BCUT2D eigenvalue weighted by molar-refractivity contribution is -0.147. The molecule has 1 unspecified atom stereocenters. The molecule has 1 aromatic carbocycles. The molecule has 1 heterocycles. The van der Waals surface area contributed by atoms with E-state index in [2.05, 4.69) is 0 Å². The number of hydrogen-bond donors (Lipinski definition) is 0. The first kappa shape index (κ1) is 18.9. The van der Waals surface area contributed by atoms with Crippen molar-refractivity contribution in [3.05, 3.63) is 29.8 Å². The number of sulfonamides is 1. The molecule has 0 radical (unpaired) electrons. The molecule has 24 heavy (non-hydrogen) atoms. The fourth-order valence-corrected chi connectivity index (χ4v) is 4.56. The summed E-state index contributed by atoms with van der Waals surface area (Å²) in [6.45, 7) is 6.28. The first-order chi connectivity index (χ1) is 11.3. The van der Waals surface area contributed by atoms with Crippen LogP contribution < -0.4 is 0 Å². The molecule has 1 saturated heterocycles. The third-order valence-electron chi connectivity index (χ3n) is 4.31. The Hall–Kier alpha value is -1.44. The van der Waals surface area contributed by atoms with E-state index in [0.29, 0.717) is 0 Å². The second kappa shape index (κ2) is 7.63. The van der Waals surface area contributed by atoms with Crippen LogP contribution in [0.15, 0.2) is 29.2 Å².